The highest BCUT2D eigenvalue weighted by atomic mass is 32.1. The van der Waals surface area contributed by atoms with Gasteiger partial charge in [0.05, 0.1) is 6.26 Å². The van der Waals surface area contributed by atoms with E-state index >= 15 is 0 Å². The van der Waals surface area contributed by atoms with Crippen molar-refractivity contribution in [3.05, 3.63) is 46.0 Å². The maximum Gasteiger partial charge on any atom is 0.105 e. The van der Waals surface area contributed by atoms with Crippen molar-refractivity contribution in [1.82, 2.24) is 5.32 Å². The van der Waals surface area contributed by atoms with Crippen molar-refractivity contribution in [2.24, 2.45) is 0 Å². The van der Waals surface area contributed by atoms with Gasteiger partial charge in [-0.2, -0.15) is 0 Å². The average Bonchev–Trinajstić information content (AvgIpc) is 2.85. The Morgan fingerprint density at radius 2 is 2.27 bits per heavy atom. The Morgan fingerprint density at radius 3 is 2.80 bits per heavy atom. The normalized spacial score (nSPS) is 12.9. The lowest BCUT2D eigenvalue weighted by Gasteiger charge is -2.12. The first-order valence-corrected chi connectivity index (χ1v) is 5.87. The number of rotatable bonds is 4. The third-order valence-electron chi connectivity index (χ3n) is 2.44. The molecule has 0 aliphatic carbocycles. The second kappa shape index (κ2) is 4.64. The molecule has 0 spiro atoms. The van der Waals surface area contributed by atoms with Crippen LogP contribution in [0.4, 0.5) is 0 Å². The molecule has 2 heterocycles. The molecule has 0 bridgehead atoms. The molecule has 0 aliphatic heterocycles. The lowest BCUT2D eigenvalue weighted by molar-refractivity contribution is 0.469. The molecule has 80 valence electrons. The number of thiophene rings is 1. The Balaban J connectivity index is 2.11. The summed E-state index contributed by atoms with van der Waals surface area (Å²) in [7, 11) is 1.99. The number of furan rings is 1. The quantitative estimate of drug-likeness (QED) is 0.858. The number of aryl methyl sites for hydroxylation is 1. The van der Waals surface area contributed by atoms with E-state index in [0.29, 0.717) is 6.04 Å². The van der Waals surface area contributed by atoms with Gasteiger partial charge < -0.3 is 9.73 Å². The minimum absolute atomic E-state index is 0.356. The molecule has 0 amide bonds. The van der Waals surface area contributed by atoms with Gasteiger partial charge in [-0.15, -0.1) is 11.3 Å². The average molecular weight is 221 g/mol. The van der Waals surface area contributed by atoms with Crippen molar-refractivity contribution in [1.29, 1.82) is 0 Å². The number of likely N-dealkylation sites (N-methyl/N-ethyl adjacent to an activating group) is 1. The molecule has 2 aromatic heterocycles. The van der Waals surface area contributed by atoms with E-state index in [0.717, 1.165) is 12.2 Å². The van der Waals surface area contributed by atoms with E-state index in [1.165, 1.54) is 9.75 Å². The minimum Gasteiger partial charge on any atom is -0.469 e. The molecule has 2 rings (SSSR count). The van der Waals surface area contributed by atoms with E-state index in [2.05, 4.69) is 24.4 Å². The molecule has 3 heteroatoms. The molecule has 15 heavy (non-hydrogen) atoms. The molecule has 0 radical (unpaired) electrons. The summed E-state index contributed by atoms with van der Waals surface area (Å²) >= 11 is 1.84. The monoisotopic (exact) mass is 221 g/mol. The molecule has 0 saturated carbocycles. The molecule has 2 aromatic rings. The van der Waals surface area contributed by atoms with Crippen LogP contribution in [0.5, 0.6) is 0 Å². The van der Waals surface area contributed by atoms with Crippen molar-refractivity contribution < 1.29 is 4.42 Å². The highest BCUT2D eigenvalue weighted by Crippen LogP contribution is 2.25. The van der Waals surface area contributed by atoms with E-state index in [4.69, 9.17) is 4.42 Å². The van der Waals surface area contributed by atoms with Gasteiger partial charge in [-0.25, -0.2) is 0 Å². The predicted octanol–water partition coefficient (Wildman–Crippen LogP) is 3.15. The zero-order chi connectivity index (χ0) is 10.7. The minimum atomic E-state index is 0.356. The van der Waals surface area contributed by atoms with Crippen LogP contribution in [0.1, 0.15) is 21.6 Å². The summed E-state index contributed by atoms with van der Waals surface area (Å²) in [5.41, 5.74) is 0. The zero-order valence-electron chi connectivity index (χ0n) is 8.99. The van der Waals surface area contributed by atoms with Gasteiger partial charge in [-0.1, -0.05) is 0 Å². The molecule has 0 fully saturated rings. The Labute approximate surface area is 93.9 Å². The Morgan fingerprint density at radius 1 is 1.40 bits per heavy atom. The smallest absolute Gasteiger partial charge is 0.105 e. The first-order valence-electron chi connectivity index (χ1n) is 5.05. The SMILES string of the molecule is CNC(Cc1ccco1)c1ccc(C)s1. The first-order chi connectivity index (χ1) is 7.29. The third-order valence-corrected chi connectivity index (χ3v) is 3.55. The van der Waals surface area contributed by atoms with E-state index < -0.39 is 0 Å². The van der Waals surface area contributed by atoms with Crippen molar-refractivity contribution in [3.63, 3.8) is 0 Å². The summed E-state index contributed by atoms with van der Waals surface area (Å²) in [6, 6.07) is 8.65. The number of hydrogen-bond donors (Lipinski definition) is 1. The van der Waals surface area contributed by atoms with Gasteiger partial charge in [0.1, 0.15) is 5.76 Å². The van der Waals surface area contributed by atoms with E-state index in [9.17, 15) is 0 Å². The molecule has 1 unspecified atom stereocenters. The van der Waals surface area contributed by atoms with Gasteiger partial charge in [0.25, 0.3) is 0 Å². The van der Waals surface area contributed by atoms with Gasteiger partial charge in [-0.3, -0.25) is 0 Å². The number of hydrogen-bond acceptors (Lipinski definition) is 3. The molecule has 0 aromatic carbocycles. The maximum absolute atomic E-state index is 5.36. The fourth-order valence-corrected chi connectivity index (χ4v) is 2.60. The highest BCUT2D eigenvalue weighted by molar-refractivity contribution is 7.12. The maximum atomic E-state index is 5.36. The highest BCUT2D eigenvalue weighted by Gasteiger charge is 2.13. The van der Waals surface area contributed by atoms with Crippen LogP contribution in [0.3, 0.4) is 0 Å². The molecule has 0 saturated heterocycles. The van der Waals surface area contributed by atoms with Crippen LogP contribution in [0.2, 0.25) is 0 Å². The van der Waals surface area contributed by atoms with Crippen molar-refractivity contribution in [2.45, 2.75) is 19.4 Å². The lowest BCUT2D eigenvalue weighted by Crippen LogP contribution is -2.17. The Kier molecular flexibility index (Phi) is 3.23. The van der Waals surface area contributed by atoms with Crippen LogP contribution in [-0.2, 0) is 6.42 Å². The van der Waals surface area contributed by atoms with Gasteiger partial charge in [0.2, 0.25) is 0 Å². The zero-order valence-corrected chi connectivity index (χ0v) is 9.80. The molecule has 2 nitrogen and oxygen atoms in total. The molecule has 1 atom stereocenters. The van der Waals surface area contributed by atoms with Crippen LogP contribution in [0.25, 0.3) is 0 Å². The standard InChI is InChI=1S/C12H15NOS/c1-9-5-6-12(15-9)11(13-2)8-10-4-3-7-14-10/h3-7,11,13H,8H2,1-2H3. The lowest BCUT2D eigenvalue weighted by atomic mass is 10.1. The summed E-state index contributed by atoms with van der Waals surface area (Å²) in [5, 5.41) is 3.32. The van der Waals surface area contributed by atoms with Crippen LogP contribution >= 0.6 is 11.3 Å². The van der Waals surface area contributed by atoms with Crippen LogP contribution in [0.15, 0.2) is 34.9 Å². The van der Waals surface area contributed by atoms with Crippen molar-refractivity contribution in [3.8, 4) is 0 Å². The topological polar surface area (TPSA) is 25.2 Å². The summed E-state index contributed by atoms with van der Waals surface area (Å²) < 4.78 is 5.36. The summed E-state index contributed by atoms with van der Waals surface area (Å²) in [6.45, 7) is 2.13. The van der Waals surface area contributed by atoms with Crippen molar-refractivity contribution in [2.75, 3.05) is 7.05 Å². The van der Waals surface area contributed by atoms with Gasteiger partial charge in [0.15, 0.2) is 0 Å². The van der Waals surface area contributed by atoms with Crippen LogP contribution < -0.4 is 5.32 Å². The van der Waals surface area contributed by atoms with Crippen molar-refractivity contribution >= 4 is 11.3 Å². The van der Waals surface area contributed by atoms with Gasteiger partial charge in [-0.05, 0) is 38.2 Å². The molecule has 0 aliphatic rings. The van der Waals surface area contributed by atoms with E-state index in [1.807, 2.05) is 30.5 Å². The summed E-state index contributed by atoms with van der Waals surface area (Å²) in [4.78, 5) is 2.72. The fourth-order valence-electron chi connectivity index (χ4n) is 1.62. The number of nitrogens with one attached hydrogen (secondary N) is 1. The van der Waals surface area contributed by atoms with Crippen LogP contribution in [0, 0.1) is 6.92 Å². The third kappa shape index (κ3) is 2.49. The largest absolute Gasteiger partial charge is 0.469 e. The van der Waals surface area contributed by atoms with E-state index in [1.54, 1.807) is 6.26 Å². The second-order valence-corrected chi connectivity index (χ2v) is 4.89. The molecular formula is C12H15NOS. The molecular weight excluding hydrogens is 206 g/mol. The fraction of sp³-hybridized carbons (Fsp3) is 0.333. The molecule has 1 N–H and O–H groups in total. The van der Waals surface area contributed by atoms with E-state index in [-0.39, 0.29) is 0 Å². The summed E-state index contributed by atoms with van der Waals surface area (Å²) in [6.07, 6.45) is 2.63. The van der Waals surface area contributed by atoms with Gasteiger partial charge >= 0.3 is 0 Å². The predicted molar refractivity (Wildman–Crippen MR) is 63.3 cm³/mol. The first kappa shape index (κ1) is 10.5. The summed E-state index contributed by atoms with van der Waals surface area (Å²) in [5.74, 6) is 1.03. The van der Waals surface area contributed by atoms with Gasteiger partial charge in [0, 0.05) is 22.2 Å². The Bertz CT molecular complexity index is 405. The second-order valence-electron chi connectivity index (χ2n) is 3.57. The Hall–Kier alpha value is -1.06. The van der Waals surface area contributed by atoms with Crippen LogP contribution in [-0.4, -0.2) is 7.05 Å².